The molecule has 0 aromatic carbocycles. The van der Waals surface area contributed by atoms with Crippen molar-refractivity contribution in [3.8, 4) is 0 Å². The Morgan fingerprint density at radius 2 is 2.07 bits per heavy atom. The van der Waals surface area contributed by atoms with Crippen molar-refractivity contribution in [2.75, 3.05) is 0 Å². The van der Waals surface area contributed by atoms with Crippen molar-refractivity contribution < 1.29 is 9.90 Å². The molecule has 2 rings (SSSR count). The normalized spacial score (nSPS) is 10.5. The van der Waals surface area contributed by atoms with E-state index in [2.05, 4.69) is 0 Å². The van der Waals surface area contributed by atoms with Crippen LogP contribution in [0.1, 0.15) is 16.1 Å². The van der Waals surface area contributed by atoms with Crippen LogP contribution < -0.4 is 5.49 Å². The second-order valence-electron chi connectivity index (χ2n) is 3.33. The summed E-state index contributed by atoms with van der Waals surface area (Å²) in [5.74, 6) is -1.07. The molecule has 0 aliphatic carbocycles. The summed E-state index contributed by atoms with van der Waals surface area (Å²) in [5.41, 5.74) is 1.70. The van der Waals surface area contributed by atoms with Crippen LogP contribution in [0.5, 0.6) is 0 Å². The second-order valence-corrected chi connectivity index (χ2v) is 3.33. The molecule has 0 saturated heterocycles. The lowest BCUT2D eigenvalue weighted by atomic mass is 10.2. The lowest BCUT2D eigenvalue weighted by Gasteiger charge is -2.06. The predicted molar refractivity (Wildman–Crippen MR) is 54.9 cm³/mol. The van der Waals surface area contributed by atoms with Crippen molar-refractivity contribution in [1.29, 1.82) is 5.41 Å². The van der Waals surface area contributed by atoms with E-state index in [0.29, 0.717) is 0 Å². The van der Waals surface area contributed by atoms with E-state index in [-0.39, 0.29) is 11.1 Å². The minimum atomic E-state index is -1.07. The van der Waals surface area contributed by atoms with Crippen molar-refractivity contribution in [1.82, 2.24) is 4.40 Å². The molecule has 2 aromatic rings. The maximum absolute atomic E-state index is 10.8. The summed E-state index contributed by atoms with van der Waals surface area (Å²) in [4.78, 5) is 10.8. The Kier molecular flexibility index (Phi) is 2.04. The standard InChI is InChI=1S/C11H10N2O2/c1-7-3-2-4-8-5-6-9(11(14)15)10(12)13(7)8/h2-6,12H,1H3,(H,14,15). The highest BCUT2D eigenvalue weighted by atomic mass is 16.4. The fourth-order valence-corrected chi connectivity index (χ4v) is 1.61. The zero-order valence-electron chi connectivity index (χ0n) is 8.19. The Bertz CT molecular complexity index is 599. The van der Waals surface area contributed by atoms with Gasteiger partial charge in [-0.15, -0.1) is 0 Å². The molecule has 15 heavy (non-hydrogen) atoms. The van der Waals surface area contributed by atoms with Gasteiger partial charge < -0.3 is 5.11 Å². The summed E-state index contributed by atoms with van der Waals surface area (Å²) in [6.45, 7) is 1.84. The van der Waals surface area contributed by atoms with Gasteiger partial charge in [-0.1, -0.05) is 6.07 Å². The number of carboxylic acid groups (broad SMARTS) is 1. The smallest absolute Gasteiger partial charge is 0.339 e. The Hall–Kier alpha value is -2.10. The van der Waals surface area contributed by atoms with Gasteiger partial charge in [0, 0.05) is 11.2 Å². The van der Waals surface area contributed by atoms with Crippen molar-refractivity contribution in [2.45, 2.75) is 6.92 Å². The van der Waals surface area contributed by atoms with Gasteiger partial charge in [-0.3, -0.25) is 9.81 Å². The van der Waals surface area contributed by atoms with E-state index in [1.165, 1.54) is 6.07 Å². The van der Waals surface area contributed by atoms with Crippen LogP contribution in [0.2, 0.25) is 0 Å². The maximum atomic E-state index is 10.8. The van der Waals surface area contributed by atoms with Crippen LogP contribution in [0.3, 0.4) is 0 Å². The van der Waals surface area contributed by atoms with Gasteiger partial charge in [0.15, 0.2) is 0 Å². The number of nitrogens with one attached hydrogen (secondary N) is 1. The molecule has 76 valence electrons. The van der Waals surface area contributed by atoms with Gasteiger partial charge in [-0.25, -0.2) is 4.79 Å². The number of carbonyl (C=O) groups is 1. The van der Waals surface area contributed by atoms with Crippen LogP contribution in [0, 0.1) is 12.3 Å². The molecule has 0 fully saturated rings. The van der Waals surface area contributed by atoms with Gasteiger partial charge in [0.2, 0.25) is 0 Å². The fraction of sp³-hybridized carbons (Fsp3) is 0.0909. The first kappa shape index (κ1) is 9.45. The Labute approximate surface area is 85.9 Å². The molecule has 2 heterocycles. The summed E-state index contributed by atoms with van der Waals surface area (Å²) in [6.07, 6.45) is 0. The van der Waals surface area contributed by atoms with E-state index < -0.39 is 5.97 Å². The van der Waals surface area contributed by atoms with Gasteiger partial charge in [-0.2, -0.15) is 0 Å². The van der Waals surface area contributed by atoms with Crippen LogP contribution in [0.15, 0.2) is 30.3 Å². The molecule has 2 N–H and O–H groups in total. The third-order valence-electron chi connectivity index (χ3n) is 2.35. The molecule has 4 nitrogen and oxygen atoms in total. The molecule has 0 saturated carbocycles. The highest BCUT2D eigenvalue weighted by Crippen LogP contribution is 2.05. The van der Waals surface area contributed by atoms with Gasteiger partial charge >= 0.3 is 5.97 Å². The minimum Gasteiger partial charge on any atom is -0.478 e. The van der Waals surface area contributed by atoms with E-state index in [4.69, 9.17) is 10.5 Å². The number of hydrogen-bond acceptors (Lipinski definition) is 2. The summed E-state index contributed by atoms with van der Waals surface area (Å²) in [6, 6.07) is 8.73. The Morgan fingerprint density at radius 3 is 2.73 bits per heavy atom. The fourth-order valence-electron chi connectivity index (χ4n) is 1.61. The SMILES string of the molecule is Cc1cccc2ccc(C(=O)O)c(=N)n12. The average molecular weight is 202 g/mol. The molecule has 0 amide bonds. The number of hydrogen-bond donors (Lipinski definition) is 2. The first-order valence-corrected chi connectivity index (χ1v) is 4.50. The number of fused-ring (bicyclic) bond motifs is 1. The lowest BCUT2D eigenvalue weighted by molar-refractivity contribution is 0.0694. The number of nitrogens with zero attached hydrogens (tertiary/aromatic N) is 1. The van der Waals surface area contributed by atoms with E-state index in [1.807, 2.05) is 25.1 Å². The predicted octanol–water partition coefficient (Wildman–Crippen LogP) is 1.43. The van der Waals surface area contributed by atoms with Crippen molar-refractivity contribution in [3.63, 3.8) is 0 Å². The molecular weight excluding hydrogens is 192 g/mol. The molecular formula is C11H10N2O2. The third kappa shape index (κ3) is 1.40. The van der Waals surface area contributed by atoms with Crippen molar-refractivity contribution in [2.24, 2.45) is 0 Å². The number of aromatic carboxylic acids is 1. The van der Waals surface area contributed by atoms with Crippen LogP contribution in [-0.2, 0) is 0 Å². The zero-order chi connectivity index (χ0) is 11.0. The molecule has 4 heteroatoms. The molecule has 0 unspecified atom stereocenters. The molecule has 0 aliphatic rings. The molecule has 0 atom stereocenters. The van der Waals surface area contributed by atoms with E-state index in [9.17, 15) is 4.79 Å². The Morgan fingerprint density at radius 1 is 1.33 bits per heavy atom. The van der Waals surface area contributed by atoms with Crippen LogP contribution in [-0.4, -0.2) is 15.5 Å². The van der Waals surface area contributed by atoms with Gasteiger partial charge in [0.05, 0.1) is 0 Å². The summed E-state index contributed by atoms with van der Waals surface area (Å²) < 4.78 is 1.61. The van der Waals surface area contributed by atoms with Gasteiger partial charge in [-0.05, 0) is 31.2 Å². The van der Waals surface area contributed by atoms with Crippen molar-refractivity contribution >= 4 is 11.5 Å². The largest absolute Gasteiger partial charge is 0.478 e. The summed E-state index contributed by atoms with van der Waals surface area (Å²) in [5, 5.41) is 16.7. The summed E-state index contributed by atoms with van der Waals surface area (Å²) in [7, 11) is 0. The molecule has 0 radical (unpaired) electrons. The number of rotatable bonds is 1. The van der Waals surface area contributed by atoms with Crippen molar-refractivity contribution in [3.05, 3.63) is 47.1 Å². The molecule has 0 spiro atoms. The lowest BCUT2D eigenvalue weighted by Crippen LogP contribution is -2.23. The number of pyridine rings is 2. The first-order valence-electron chi connectivity index (χ1n) is 4.50. The van der Waals surface area contributed by atoms with E-state index in [1.54, 1.807) is 10.5 Å². The van der Waals surface area contributed by atoms with Crippen LogP contribution >= 0.6 is 0 Å². The molecule has 2 aromatic heterocycles. The number of aryl methyl sites for hydroxylation is 1. The van der Waals surface area contributed by atoms with Crippen LogP contribution in [0.25, 0.3) is 5.52 Å². The van der Waals surface area contributed by atoms with E-state index >= 15 is 0 Å². The molecule has 0 bridgehead atoms. The first-order chi connectivity index (χ1) is 7.11. The van der Waals surface area contributed by atoms with E-state index in [0.717, 1.165) is 11.2 Å². The van der Waals surface area contributed by atoms with Gasteiger partial charge in [0.1, 0.15) is 11.1 Å². The second kappa shape index (κ2) is 3.24. The monoisotopic (exact) mass is 202 g/mol. The molecule has 0 aliphatic heterocycles. The maximum Gasteiger partial charge on any atom is 0.339 e. The average Bonchev–Trinajstić information content (AvgIpc) is 2.17. The topological polar surface area (TPSA) is 65.6 Å². The van der Waals surface area contributed by atoms with Crippen LogP contribution in [0.4, 0.5) is 0 Å². The Balaban J connectivity index is 2.96. The number of aromatic nitrogens is 1. The number of carboxylic acids is 1. The summed E-state index contributed by atoms with van der Waals surface area (Å²) >= 11 is 0. The minimum absolute atomic E-state index is 0.0121. The zero-order valence-corrected chi connectivity index (χ0v) is 8.19. The third-order valence-corrected chi connectivity index (χ3v) is 2.35. The quantitative estimate of drug-likeness (QED) is 0.734. The highest BCUT2D eigenvalue weighted by molar-refractivity contribution is 5.87. The van der Waals surface area contributed by atoms with Gasteiger partial charge in [0.25, 0.3) is 0 Å². The highest BCUT2D eigenvalue weighted by Gasteiger charge is 2.07.